The maximum atomic E-state index is 6.40. The summed E-state index contributed by atoms with van der Waals surface area (Å²) in [5.41, 5.74) is 0.260. The molecule has 0 saturated heterocycles. The van der Waals surface area contributed by atoms with Gasteiger partial charge in [0.1, 0.15) is 0 Å². The normalized spacial score (nSPS) is 15.9. The van der Waals surface area contributed by atoms with Crippen LogP contribution in [0, 0.1) is 5.41 Å². The molecule has 0 heterocycles. The minimum absolute atomic E-state index is 0.260. The highest BCUT2D eigenvalue weighted by Gasteiger charge is 2.35. The van der Waals surface area contributed by atoms with Gasteiger partial charge in [-0.15, -0.1) is 0 Å². The zero-order valence-corrected chi connectivity index (χ0v) is 18.9. The van der Waals surface area contributed by atoms with Crippen molar-refractivity contribution in [3.63, 3.8) is 0 Å². The van der Waals surface area contributed by atoms with E-state index in [9.17, 15) is 0 Å². The molecule has 0 aliphatic rings. The van der Waals surface area contributed by atoms with Crippen molar-refractivity contribution in [3.05, 3.63) is 0 Å². The Morgan fingerprint density at radius 3 is 1.63 bits per heavy atom. The first kappa shape index (κ1) is 19.7. The predicted molar refractivity (Wildman–Crippen MR) is 94.4 cm³/mol. The van der Waals surface area contributed by atoms with Crippen LogP contribution in [0.4, 0.5) is 0 Å². The quantitative estimate of drug-likeness (QED) is 0.660. The standard InChI is InChI=1S/C12H34O3Si4/c1-12(2,3)11-17(14-18(6,7)8)15-19(9,10)13-16(4)5/h16-17H,11H2,1-10H3. The van der Waals surface area contributed by atoms with Crippen LogP contribution < -0.4 is 0 Å². The molecule has 0 aliphatic heterocycles. The largest absolute Gasteiger partial charge is 0.440 e. The fourth-order valence-electron chi connectivity index (χ4n) is 1.91. The molecule has 0 aromatic rings. The summed E-state index contributed by atoms with van der Waals surface area (Å²) in [7, 11) is -6.25. The van der Waals surface area contributed by atoms with Gasteiger partial charge in [-0.3, -0.25) is 0 Å². The first-order valence-electron chi connectivity index (χ1n) is 7.24. The first-order valence-corrected chi connectivity index (χ1v) is 18.0. The summed E-state index contributed by atoms with van der Waals surface area (Å²) in [6, 6.07) is 1.05. The predicted octanol–water partition coefficient (Wildman–Crippen LogP) is 3.82. The van der Waals surface area contributed by atoms with E-state index in [0.717, 1.165) is 6.04 Å². The average Bonchev–Trinajstić information content (AvgIpc) is 1.89. The van der Waals surface area contributed by atoms with Gasteiger partial charge in [0, 0.05) is 0 Å². The molecule has 0 spiro atoms. The van der Waals surface area contributed by atoms with Crippen molar-refractivity contribution < 1.29 is 12.3 Å². The molecule has 0 aliphatic carbocycles. The molecule has 0 bridgehead atoms. The highest BCUT2D eigenvalue weighted by molar-refractivity contribution is 6.81. The van der Waals surface area contributed by atoms with Crippen molar-refractivity contribution in [3.8, 4) is 0 Å². The van der Waals surface area contributed by atoms with Gasteiger partial charge in [0.05, 0.1) is 0 Å². The lowest BCUT2D eigenvalue weighted by atomic mass is 10.0. The van der Waals surface area contributed by atoms with E-state index >= 15 is 0 Å². The minimum atomic E-state index is -2.01. The second kappa shape index (κ2) is 7.15. The fraction of sp³-hybridized carbons (Fsp3) is 1.00. The summed E-state index contributed by atoms with van der Waals surface area (Å²) in [6.07, 6.45) is 0. The van der Waals surface area contributed by atoms with E-state index in [1.165, 1.54) is 0 Å². The molecule has 0 aromatic heterocycles. The van der Waals surface area contributed by atoms with Crippen molar-refractivity contribution >= 4 is 35.2 Å². The van der Waals surface area contributed by atoms with Gasteiger partial charge in [0.2, 0.25) is 0 Å². The van der Waals surface area contributed by atoms with Gasteiger partial charge in [-0.1, -0.05) is 20.8 Å². The van der Waals surface area contributed by atoms with Crippen molar-refractivity contribution in [2.45, 2.75) is 72.6 Å². The van der Waals surface area contributed by atoms with E-state index in [2.05, 4.69) is 66.6 Å². The Kier molecular flexibility index (Phi) is 7.43. The van der Waals surface area contributed by atoms with Crippen molar-refractivity contribution in [1.29, 1.82) is 0 Å². The molecule has 0 rings (SSSR count). The molecule has 0 fully saturated rings. The molecular formula is C12H34O3Si4. The van der Waals surface area contributed by atoms with Crippen LogP contribution in [0.2, 0.25) is 51.9 Å². The lowest BCUT2D eigenvalue weighted by Gasteiger charge is -2.35. The zero-order chi connectivity index (χ0) is 15.5. The van der Waals surface area contributed by atoms with Crippen LogP contribution in [0.1, 0.15) is 20.8 Å². The molecule has 116 valence electrons. The fourth-order valence-corrected chi connectivity index (χ4v) is 15.2. The van der Waals surface area contributed by atoms with Crippen molar-refractivity contribution in [2.24, 2.45) is 5.41 Å². The van der Waals surface area contributed by atoms with Gasteiger partial charge in [0.15, 0.2) is 17.4 Å². The summed E-state index contributed by atoms with van der Waals surface area (Å²) in [4.78, 5) is 0. The Hall–Kier alpha value is 0.748. The lowest BCUT2D eigenvalue weighted by Crippen LogP contribution is -2.49. The summed E-state index contributed by atoms with van der Waals surface area (Å²) < 4.78 is 18.9. The van der Waals surface area contributed by atoms with E-state index in [4.69, 9.17) is 12.3 Å². The third-order valence-corrected chi connectivity index (χ3v) is 15.1. The SMILES string of the molecule is C[SiH](C)O[Si](C)(C)O[SiH](CC(C)(C)C)O[Si](C)(C)C. The second-order valence-electron chi connectivity index (χ2n) is 8.11. The van der Waals surface area contributed by atoms with Gasteiger partial charge >= 0.3 is 17.8 Å². The van der Waals surface area contributed by atoms with Crippen LogP contribution in [0.15, 0.2) is 0 Å². The van der Waals surface area contributed by atoms with Gasteiger partial charge in [0.25, 0.3) is 0 Å². The van der Waals surface area contributed by atoms with Crippen LogP contribution >= 0.6 is 0 Å². The summed E-state index contributed by atoms with van der Waals surface area (Å²) in [5, 5.41) is 0. The number of rotatable bonds is 7. The van der Waals surface area contributed by atoms with Gasteiger partial charge in [-0.25, -0.2) is 0 Å². The molecule has 7 heteroatoms. The van der Waals surface area contributed by atoms with Crippen LogP contribution in [-0.4, -0.2) is 35.2 Å². The Morgan fingerprint density at radius 2 is 1.32 bits per heavy atom. The van der Waals surface area contributed by atoms with Crippen molar-refractivity contribution in [2.75, 3.05) is 0 Å². The van der Waals surface area contributed by atoms with E-state index in [-0.39, 0.29) is 5.41 Å². The van der Waals surface area contributed by atoms with Gasteiger partial charge in [-0.2, -0.15) is 0 Å². The first-order chi connectivity index (χ1) is 8.20. The Balaban J connectivity index is 4.75. The number of hydrogen-bond acceptors (Lipinski definition) is 3. The van der Waals surface area contributed by atoms with Crippen LogP contribution in [-0.2, 0) is 12.3 Å². The second-order valence-corrected chi connectivity index (χ2v) is 21.3. The molecule has 19 heavy (non-hydrogen) atoms. The van der Waals surface area contributed by atoms with E-state index in [1.807, 2.05) is 0 Å². The molecule has 1 atom stereocenters. The summed E-state index contributed by atoms with van der Waals surface area (Å²) in [5.74, 6) is 0. The summed E-state index contributed by atoms with van der Waals surface area (Å²) >= 11 is 0. The van der Waals surface area contributed by atoms with Gasteiger partial charge in [-0.05, 0) is 57.3 Å². The average molecular weight is 339 g/mol. The molecule has 0 radical (unpaired) electrons. The molecule has 0 saturated carbocycles. The maximum Gasteiger partial charge on any atom is 0.312 e. The van der Waals surface area contributed by atoms with E-state index in [0.29, 0.717) is 0 Å². The van der Waals surface area contributed by atoms with E-state index < -0.39 is 35.2 Å². The molecule has 3 nitrogen and oxygen atoms in total. The number of hydrogen-bond donors (Lipinski definition) is 0. The molecule has 1 unspecified atom stereocenters. The molecule has 0 aromatic carbocycles. The van der Waals surface area contributed by atoms with Crippen LogP contribution in [0.5, 0.6) is 0 Å². The summed E-state index contributed by atoms with van der Waals surface area (Å²) in [6.45, 7) is 22.2. The Labute approximate surface area is 126 Å². The Bertz CT molecular complexity index is 253. The third kappa shape index (κ3) is 12.2. The lowest BCUT2D eigenvalue weighted by molar-refractivity contribution is 0.326. The highest BCUT2D eigenvalue weighted by Crippen LogP contribution is 2.26. The third-order valence-electron chi connectivity index (χ3n) is 2.20. The van der Waals surface area contributed by atoms with Crippen LogP contribution in [0.3, 0.4) is 0 Å². The smallest absolute Gasteiger partial charge is 0.312 e. The van der Waals surface area contributed by atoms with Crippen LogP contribution in [0.25, 0.3) is 0 Å². The topological polar surface area (TPSA) is 27.7 Å². The minimum Gasteiger partial charge on any atom is -0.440 e. The van der Waals surface area contributed by atoms with Gasteiger partial charge < -0.3 is 12.3 Å². The maximum absolute atomic E-state index is 6.40. The zero-order valence-electron chi connectivity index (χ0n) is 14.6. The Morgan fingerprint density at radius 1 is 0.842 bits per heavy atom. The molecular weight excluding hydrogens is 304 g/mol. The molecule has 0 amide bonds. The highest BCUT2D eigenvalue weighted by atomic mass is 28.5. The monoisotopic (exact) mass is 338 g/mol. The van der Waals surface area contributed by atoms with E-state index in [1.54, 1.807) is 0 Å². The van der Waals surface area contributed by atoms with Crippen molar-refractivity contribution in [1.82, 2.24) is 0 Å². The molecule has 0 N–H and O–H groups in total.